The normalized spacial score (nSPS) is 10.6. The molecule has 28 heavy (non-hydrogen) atoms. The summed E-state index contributed by atoms with van der Waals surface area (Å²) in [7, 11) is 0. The summed E-state index contributed by atoms with van der Waals surface area (Å²) in [4.78, 5) is 28.1. The van der Waals surface area contributed by atoms with E-state index in [2.05, 4.69) is 15.6 Å². The lowest BCUT2D eigenvalue weighted by molar-refractivity contribution is -0.116. The molecule has 4 N–H and O–H groups in total. The van der Waals surface area contributed by atoms with Crippen molar-refractivity contribution in [1.82, 2.24) is 10.3 Å². The van der Waals surface area contributed by atoms with Gasteiger partial charge in [-0.25, -0.2) is 4.98 Å². The van der Waals surface area contributed by atoms with Crippen molar-refractivity contribution in [2.75, 3.05) is 11.1 Å². The van der Waals surface area contributed by atoms with E-state index in [4.69, 9.17) is 5.73 Å². The van der Waals surface area contributed by atoms with Crippen LogP contribution in [0.4, 0.5) is 11.5 Å². The Morgan fingerprint density at radius 2 is 1.71 bits per heavy atom. The number of hydrogen-bond donors (Lipinski definition) is 3. The highest BCUT2D eigenvalue weighted by molar-refractivity contribution is 6.05. The molecule has 0 radical (unpaired) electrons. The van der Waals surface area contributed by atoms with E-state index in [0.717, 1.165) is 11.1 Å². The Morgan fingerprint density at radius 3 is 2.43 bits per heavy atom. The summed E-state index contributed by atoms with van der Waals surface area (Å²) in [5.74, 6) is -0.197. The molecule has 0 saturated carbocycles. The van der Waals surface area contributed by atoms with E-state index < -0.39 is 0 Å². The standard InChI is InChI=1S/C22H20N4O2/c23-21-19(7-4-14-24-21)26-22(28)18-11-8-17(9-12-18)15-25-20(27)13-10-16-5-2-1-3-6-16/h1-14H,15H2,(H2,23,24)(H,25,27)(H,26,28). The minimum atomic E-state index is -0.277. The minimum absolute atomic E-state index is 0.183. The lowest BCUT2D eigenvalue weighted by Crippen LogP contribution is -2.20. The first kappa shape index (κ1) is 18.8. The van der Waals surface area contributed by atoms with Crippen molar-refractivity contribution in [3.05, 3.63) is 95.7 Å². The number of carbonyl (C=O) groups is 2. The van der Waals surface area contributed by atoms with Gasteiger partial charge in [0, 0.05) is 24.4 Å². The van der Waals surface area contributed by atoms with Crippen molar-refractivity contribution in [2.45, 2.75) is 6.54 Å². The molecule has 3 rings (SSSR count). The number of pyridine rings is 1. The maximum Gasteiger partial charge on any atom is 0.255 e. The zero-order valence-corrected chi connectivity index (χ0v) is 15.1. The van der Waals surface area contributed by atoms with E-state index in [1.165, 1.54) is 6.08 Å². The number of nitrogens with two attached hydrogens (primary N) is 1. The molecular weight excluding hydrogens is 352 g/mol. The van der Waals surface area contributed by atoms with Gasteiger partial charge in [-0.15, -0.1) is 0 Å². The van der Waals surface area contributed by atoms with Gasteiger partial charge in [-0.3, -0.25) is 9.59 Å². The topological polar surface area (TPSA) is 97.1 Å². The molecule has 1 heterocycles. The van der Waals surface area contributed by atoms with Crippen molar-refractivity contribution >= 4 is 29.4 Å². The Bertz CT molecular complexity index is 983. The summed E-state index contributed by atoms with van der Waals surface area (Å²) in [6.07, 6.45) is 4.81. The highest BCUT2D eigenvalue weighted by Gasteiger charge is 2.08. The molecule has 3 aromatic rings. The van der Waals surface area contributed by atoms with Gasteiger partial charge in [0.25, 0.3) is 5.91 Å². The zero-order valence-electron chi connectivity index (χ0n) is 15.1. The van der Waals surface area contributed by atoms with Crippen LogP contribution in [0.3, 0.4) is 0 Å². The van der Waals surface area contributed by atoms with Crippen LogP contribution in [0.15, 0.2) is 79.0 Å². The van der Waals surface area contributed by atoms with Gasteiger partial charge in [0.2, 0.25) is 5.91 Å². The van der Waals surface area contributed by atoms with E-state index in [1.807, 2.05) is 30.3 Å². The molecule has 0 atom stereocenters. The van der Waals surface area contributed by atoms with Crippen LogP contribution in [0, 0.1) is 0 Å². The van der Waals surface area contributed by atoms with Gasteiger partial charge < -0.3 is 16.4 Å². The molecule has 0 spiro atoms. The molecule has 0 bridgehead atoms. The van der Waals surface area contributed by atoms with Crippen LogP contribution in [0.2, 0.25) is 0 Å². The fourth-order valence-electron chi connectivity index (χ4n) is 2.48. The molecular formula is C22H20N4O2. The van der Waals surface area contributed by atoms with E-state index in [1.54, 1.807) is 48.7 Å². The lowest BCUT2D eigenvalue weighted by atomic mass is 10.1. The molecule has 140 valence electrons. The predicted molar refractivity (Wildman–Crippen MR) is 110 cm³/mol. The largest absolute Gasteiger partial charge is 0.382 e. The number of nitrogens with zero attached hydrogens (tertiary/aromatic N) is 1. The van der Waals surface area contributed by atoms with Crippen LogP contribution in [-0.2, 0) is 11.3 Å². The van der Waals surface area contributed by atoms with Crippen LogP contribution in [0.25, 0.3) is 6.08 Å². The van der Waals surface area contributed by atoms with Gasteiger partial charge in [-0.05, 0) is 41.5 Å². The van der Waals surface area contributed by atoms with Gasteiger partial charge >= 0.3 is 0 Å². The molecule has 0 aliphatic carbocycles. The average molecular weight is 372 g/mol. The van der Waals surface area contributed by atoms with E-state index in [9.17, 15) is 9.59 Å². The number of hydrogen-bond acceptors (Lipinski definition) is 4. The van der Waals surface area contributed by atoms with Crippen LogP contribution < -0.4 is 16.4 Å². The maximum atomic E-state index is 12.3. The number of benzene rings is 2. The van der Waals surface area contributed by atoms with E-state index in [0.29, 0.717) is 17.8 Å². The fraction of sp³-hybridized carbons (Fsp3) is 0.0455. The summed E-state index contributed by atoms with van der Waals surface area (Å²) in [5, 5.41) is 5.54. The highest BCUT2D eigenvalue weighted by Crippen LogP contribution is 2.15. The Labute approximate surface area is 163 Å². The first-order valence-electron chi connectivity index (χ1n) is 8.73. The summed E-state index contributed by atoms with van der Waals surface area (Å²) in [5.41, 5.74) is 8.53. The van der Waals surface area contributed by atoms with Crippen LogP contribution >= 0.6 is 0 Å². The second kappa shape index (κ2) is 9.14. The number of nitrogens with one attached hydrogen (secondary N) is 2. The Hall–Kier alpha value is -3.93. The second-order valence-electron chi connectivity index (χ2n) is 6.05. The fourth-order valence-corrected chi connectivity index (χ4v) is 2.48. The molecule has 0 aliphatic rings. The van der Waals surface area contributed by atoms with Crippen molar-refractivity contribution in [3.63, 3.8) is 0 Å². The van der Waals surface area contributed by atoms with Crippen LogP contribution in [-0.4, -0.2) is 16.8 Å². The van der Waals surface area contributed by atoms with Gasteiger partial charge in [0.15, 0.2) is 0 Å². The molecule has 0 fully saturated rings. The number of nitrogen functional groups attached to an aromatic ring is 1. The van der Waals surface area contributed by atoms with E-state index >= 15 is 0 Å². The molecule has 0 saturated heterocycles. The number of aromatic nitrogens is 1. The first-order valence-corrected chi connectivity index (χ1v) is 8.73. The number of anilines is 2. The molecule has 2 aromatic carbocycles. The van der Waals surface area contributed by atoms with Gasteiger partial charge in [0.05, 0.1) is 5.69 Å². The minimum Gasteiger partial charge on any atom is -0.382 e. The predicted octanol–water partition coefficient (Wildman–Crippen LogP) is 3.25. The molecule has 1 aromatic heterocycles. The zero-order chi connectivity index (χ0) is 19.8. The van der Waals surface area contributed by atoms with Crippen LogP contribution in [0.5, 0.6) is 0 Å². The number of carbonyl (C=O) groups excluding carboxylic acids is 2. The number of rotatable bonds is 6. The molecule has 6 nitrogen and oxygen atoms in total. The molecule has 0 unspecified atom stereocenters. The van der Waals surface area contributed by atoms with Crippen LogP contribution in [0.1, 0.15) is 21.5 Å². The summed E-state index contributed by atoms with van der Waals surface area (Å²) in [6.45, 7) is 0.370. The van der Waals surface area contributed by atoms with E-state index in [-0.39, 0.29) is 17.6 Å². The van der Waals surface area contributed by atoms with Gasteiger partial charge in [-0.2, -0.15) is 0 Å². The van der Waals surface area contributed by atoms with Gasteiger partial charge in [0.1, 0.15) is 5.82 Å². The summed E-state index contributed by atoms with van der Waals surface area (Å²) < 4.78 is 0. The monoisotopic (exact) mass is 372 g/mol. The smallest absolute Gasteiger partial charge is 0.255 e. The molecule has 0 aliphatic heterocycles. The van der Waals surface area contributed by atoms with Crippen molar-refractivity contribution in [2.24, 2.45) is 0 Å². The quantitative estimate of drug-likeness (QED) is 0.579. The van der Waals surface area contributed by atoms with Crippen molar-refractivity contribution in [3.8, 4) is 0 Å². The third-order valence-electron chi connectivity index (χ3n) is 4.00. The Balaban J connectivity index is 1.53. The Morgan fingerprint density at radius 1 is 0.964 bits per heavy atom. The number of amides is 2. The maximum absolute atomic E-state index is 12.3. The van der Waals surface area contributed by atoms with Crippen molar-refractivity contribution in [1.29, 1.82) is 0 Å². The van der Waals surface area contributed by atoms with Crippen molar-refractivity contribution < 1.29 is 9.59 Å². The molecule has 6 heteroatoms. The molecule has 2 amide bonds. The summed E-state index contributed by atoms with van der Waals surface area (Å²) in [6, 6.07) is 20.0. The third-order valence-corrected chi connectivity index (χ3v) is 4.00. The summed E-state index contributed by atoms with van der Waals surface area (Å²) >= 11 is 0. The lowest BCUT2D eigenvalue weighted by Gasteiger charge is -2.08. The second-order valence-corrected chi connectivity index (χ2v) is 6.05. The third kappa shape index (κ3) is 5.28. The highest BCUT2D eigenvalue weighted by atomic mass is 16.2. The first-order chi connectivity index (χ1) is 13.6. The van der Waals surface area contributed by atoms with Gasteiger partial charge in [-0.1, -0.05) is 42.5 Å². The average Bonchev–Trinajstić information content (AvgIpc) is 2.73. The Kier molecular flexibility index (Phi) is 6.15. The SMILES string of the molecule is Nc1ncccc1NC(=O)c1ccc(CNC(=O)C=Cc2ccccc2)cc1.